The zero-order chi connectivity index (χ0) is 16.4. The fraction of sp³-hybridized carbons (Fsp3) is 0.556. The molecule has 0 bridgehead atoms. The lowest BCUT2D eigenvalue weighted by molar-refractivity contribution is 0.00911. The Bertz CT molecular complexity index is 442. The lowest BCUT2D eigenvalue weighted by atomic mass is 10.3. The number of ether oxygens (including phenoxy) is 2. The van der Waals surface area contributed by atoms with Crippen LogP contribution in [0.2, 0.25) is 0 Å². The van der Waals surface area contributed by atoms with Crippen LogP contribution in [-0.2, 0) is 4.84 Å². The van der Waals surface area contributed by atoms with Gasteiger partial charge in [0, 0.05) is 5.70 Å². The first-order valence-electron chi connectivity index (χ1n) is 8.05. The maximum atomic E-state index is 5.81. The molecule has 0 saturated heterocycles. The highest BCUT2D eigenvalue weighted by molar-refractivity contribution is 5.31. The molecule has 4 nitrogen and oxygen atoms in total. The fourth-order valence-corrected chi connectivity index (χ4v) is 1.77. The van der Waals surface area contributed by atoms with Crippen LogP contribution in [-0.4, -0.2) is 18.8 Å². The predicted molar refractivity (Wildman–Crippen MR) is 90.0 cm³/mol. The smallest absolute Gasteiger partial charge is 0.122 e. The van der Waals surface area contributed by atoms with Gasteiger partial charge in [-0.05, 0) is 57.9 Å². The minimum absolute atomic E-state index is 0.0382. The van der Waals surface area contributed by atoms with Crippen LogP contribution >= 0.6 is 0 Å². The summed E-state index contributed by atoms with van der Waals surface area (Å²) in [5.41, 5.74) is 4.00. The summed E-state index contributed by atoms with van der Waals surface area (Å²) >= 11 is 0. The van der Waals surface area contributed by atoms with Gasteiger partial charge in [-0.3, -0.25) is 10.3 Å². The molecule has 0 spiro atoms. The van der Waals surface area contributed by atoms with Gasteiger partial charge in [0.25, 0.3) is 0 Å². The maximum absolute atomic E-state index is 5.81. The van der Waals surface area contributed by atoms with E-state index in [-0.39, 0.29) is 12.2 Å². The van der Waals surface area contributed by atoms with Crippen molar-refractivity contribution in [1.29, 1.82) is 0 Å². The molecule has 1 N–H and O–H groups in total. The SMILES string of the molecule is CC=C(CC)NOCC(C)Oc1ccc(OC(C)CC)cc1. The minimum atomic E-state index is -0.0382. The zero-order valence-electron chi connectivity index (χ0n) is 14.4. The zero-order valence-corrected chi connectivity index (χ0v) is 14.4. The number of hydrogen-bond acceptors (Lipinski definition) is 4. The van der Waals surface area contributed by atoms with Crippen LogP contribution in [0.3, 0.4) is 0 Å². The van der Waals surface area contributed by atoms with Gasteiger partial charge in [0.15, 0.2) is 0 Å². The Morgan fingerprint density at radius 2 is 1.59 bits per heavy atom. The molecule has 0 saturated carbocycles. The molecule has 0 aliphatic rings. The van der Waals surface area contributed by atoms with E-state index in [9.17, 15) is 0 Å². The molecule has 1 aromatic rings. The summed E-state index contributed by atoms with van der Waals surface area (Å²) in [7, 11) is 0. The van der Waals surface area contributed by atoms with E-state index in [1.165, 1.54) is 0 Å². The molecule has 1 aromatic carbocycles. The second kappa shape index (κ2) is 10.1. The summed E-state index contributed by atoms with van der Waals surface area (Å²) in [6, 6.07) is 7.71. The van der Waals surface area contributed by atoms with Crippen LogP contribution in [0, 0.1) is 0 Å². The average Bonchev–Trinajstić information content (AvgIpc) is 2.53. The van der Waals surface area contributed by atoms with Crippen LogP contribution < -0.4 is 15.0 Å². The Morgan fingerprint density at radius 3 is 2.05 bits per heavy atom. The van der Waals surface area contributed by atoms with Gasteiger partial charge >= 0.3 is 0 Å². The summed E-state index contributed by atoms with van der Waals surface area (Å²) in [6.45, 7) is 10.7. The van der Waals surface area contributed by atoms with Gasteiger partial charge in [-0.15, -0.1) is 0 Å². The Balaban J connectivity index is 2.36. The van der Waals surface area contributed by atoms with Crippen molar-refractivity contribution in [2.45, 2.75) is 59.7 Å². The second-order valence-electron chi connectivity index (χ2n) is 5.32. The van der Waals surface area contributed by atoms with Gasteiger partial charge in [0.05, 0.1) is 6.10 Å². The van der Waals surface area contributed by atoms with Crippen LogP contribution in [0.5, 0.6) is 11.5 Å². The molecular formula is C18H29NO3. The number of hydrogen-bond donors (Lipinski definition) is 1. The Hall–Kier alpha value is -1.68. The van der Waals surface area contributed by atoms with E-state index < -0.39 is 0 Å². The minimum Gasteiger partial charge on any atom is -0.491 e. The van der Waals surface area contributed by atoms with Gasteiger partial charge in [0.1, 0.15) is 24.2 Å². The molecule has 0 amide bonds. The van der Waals surface area contributed by atoms with Crippen molar-refractivity contribution in [3.63, 3.8) is 0 Å². The van der Waals surface area contributed by atoms with Gasteiger partial charge in [-0.2, -0.15) is 0 Å². The number of nitrogens with one attached hydrogen (secondary N) is 1. The monoisotopic (exact) mass is 307 g/mol. The van der Waals surface area contributed by atoms with Crippen LogP contribution in [0.15, 0.2) is 36.0 Å². The van der Waals surface area contributed by atoms with Crippen LogP contribution in [0.4, 0.5) is 0 Å². The van der Waals surface area contributed by atoms with Crippen LogP contribution in [0.1, 0.15) is 47.5 Å². The quantitative estimate of drug-likeness (QED) is 0.648. The largest absolute Gasteiger partial charge is 0.491 e. The van der Waals surface area contributed by atoms with Crippen molar-refractivity contribution in [1.82, 2.24) is 5.48 Å². The topological polar surface area (TPSA) is 39.7 Å². The summed E-state index contributed by atoms with van der Waals surface area (Å²) in [4.78, 5) is 5.43. The fourth-order valence-electron chi connectivity index (χ4n) is 1.77. The molecule has 0 aromatic heterocycles. The summed E-state index contributed by atoms with van der Waals surface area (Å²) in [5, 5.41) is 0. The van der Waals surface area contributed by atoms with Crippen molar-refractivity contribution in [2.24, 2.45) is 0 Å². The molecule has 2 unspecified atom stereocenters. The van der Waals surface area contributed by atoms with Gasteiger partial charge in [0.2, 0.25) is 0 Å². The lowest BCUT2D eigenvalue weighted by Crippen LogP contribution is -2.24. The van der Waals surface area contributed by atoms with Crippen molar-refractivity contribution < 1.29 is 14.3 Å². The predicted octanol–water partition coefficient (Wildman–Crippen LogP) is 4.47. The molecule has 0 aliphatic heterocycles. The average molecular weight is 307 g/mol. The number of benzene rings is 1. The van der Waals surface area contributed by atoms with E-state index in [2.05, 4.69) is 26.3 Å². The molecule has 0 heterocycles. The maximum Gasteiger partial charge on any atom is 0.122 e. The van der Waals surface area contributed by atoms with E-state index in [1.807, 2.05) is 44.2 Å². The molecule has 22 heavy (non-hydrogen) atoms. The van der Waals surface area contributed by atoms with Gasteiger partial charge in [-0.1, -0.05) is 19.9 Å². The van der Waals surface area contributed by atoms with Crippen molar-refractivity contribution >= 4 is 0 Å². The van der Waals surface area contributed by atoms with E-state index in [4.69, 9.17) is 14.3 Å². The van der Waals surface area contributed by atoms with Gasteiger partial charge < -0.3 is 9.47 Å². The Morgan fingerprint density at radius 1 is 1.05 bits per heavy atom. The van der Waals surface area contributed by atoms with Crippen molar-refractivity contribution in [2.75, 3.05) is 6.61 Å². The molecule has 1 rings (SSSR count). The van der Waals surface area contributed by atoms with E-state index in [0.717, 1.165) is 30.0 Å². The van der Waals surface area contributed by atoms with Crippen molar-refractivity contribution in [3.8, 4) is 11.5 Å². The first-order valence-corrected chi connectivity index (χ1v) is 8.05. The molecule has 124 valence electrons. The Kier molecular flexibility index (Phi) is 8.44. The molecule has 0 fully saturated rings. The van der Waals surface area contributed by atoms with Gasteiger partial charge in [-0.25, -0.2) is 0 Å². The molecule has 0 aliphatic carbocycles. The second-order valence-corrected chi connectivity index (χ2v) is 5.32. The van der Waals surface area contributed by atoms with E-state index in [0.29, 0.717) is 6.61 Å². The third-order valence-corrected chi connectivity index (χ3v) is 3.32. The summed E-state index contributed by atoms with van der Waals surface area (Å²) < 4.78 is 11.6. The lowest BCUT2D eigenvalue weighted by Gasteiger charge is -2.17. The normalized spacial score (nSPS) is 14.3. The third-order valence-electron chi connectivity index (χ3n) is 3.32. The molecule has 0 radical (unpaired) electrons. The number of allylic oxidation sites excluding steroid dienone is 2. The van der Waals surface area contributed by atoms with Crippen molar-refractivity contribution in [3.05, 3.63) is 36.0 Å². The molecular weight excluding hydrogens is 278 g/mol. The molecule has 2 atom stereocenters. The summed E-state index contributed by atoms with van der Waals surface area (Å²) in [5.74, 6) is 1.68. The molecule has 4 heteroatoms. The Labute approximate surface area is 134 Å². The van der Waals surface area contributed by atoms with Crippen LogP contribution in [0.25, 0.3) is 0 Å². The summed E-state index contributed by atoms with van der Waals surface area (Å²) in [6.07, 6.45) is 4.10. The highest BCUT2D eigenvalue weighted by atomic mass is 16.7. The number of hydroxylamine groups is 1. The highest BCUT2D eigenvalue weighted by Crippen LogP contribution is 2.20. The van der Waals surface area contributed by atoms with E-state index in [1.54, 1.807) is 0 Å². The first-order chi connectivity index (χ1) is 10.6. The third kappa shape index (κ3) is 6.85. The first kappa shape index (κ1) is 18.4. The number of rotatable bonds is 10. The highest BCUT2D eigenvalue weighted by Gasteiger charge is 2.06. The standard InChI is InChI=1S/C18H29NO3/c1-6-14(4)21-17-9-11-18(12-10-17)22-15(5)13-20-19-16(7-2)8-3/h7,9-12,14-15,19H,6,8,13H2,1-5H3. The van der Waals surface area contributed by atoms with E-state index >= 15 is 0 Å².